The molecule has 0 atom stereocenters. The van der Waals surface area contributed by atoms with E-state index in [2.05, 4.69) is 5.32 Å². The van der Waals surface area contributed by atoms with Crippen molar-refractivity contribution in [3.63, 3.8) is 0 Å². The van der Waals surface area contributed by atoms with Crippen LogP contribution < -0.4 is 5.32 Å². The first-order valence-corrected chi connectivity index (χ1v) is 5.73. The molecule has 0 aliphatic rings. The van der Waals surface area contributed by atoms with Gasteiger partial charge < -0.3 is 4.74 Å². The summed E-state index contributed by atoms with van der Waals surface area (Å²) in [7, 11) is 0. The normalized spacial score (nSPS) is 9.89. The molecule has 1 amide bonds. The number of rotatable bonds is 5. The summed E-state index contributed by atoms with van der Waals surface area (Å²) in [6.07, 6.45) is 1.01. The fraction of sp³-hybridized carbons (Fsp3) is 0.417. The van der Waals surface area contributed by atoms with Gasteiger partial charge in [0.15, 0.2) is 0 Å². The second kappa shape index (κ2) is 6.58. The zero-order valence-electron chi connectivity index (χ0n) is 10.4. The SMILES string of the molecule is CCCCOC(=O)Nc1ccc(C)cc1[N+](=O)[O-]. The lowest BCUT2D eigenvalue weighted by Crippen LogP contribution is -2.15. The Hall–Kier alpha value is -2.11. The molecule has 18 heavy (non-hydrogen) atoms. The number of aryl methyl sites for hydroxylation is 1. The summed E-state index contributed by atoms with van der Waals surface area (Å²) in [6.45, 7) is 4.03. The Kier molecular flexibility index (Phi) is 5.10. The van der Waals surface area contributed by atoms with Crippen molar-refractivity contribution >= 4 is 17.5 Å². The zero-order chi connectivity index (χ0) is 13.5. The molecule has 0 spiro atoms. The van der Waals surface area contributed by atoms with Gasteiger partial charge in [0, 0.05) is 6.07 Å². The van der Waals surface area contributed by atoms with Crippen molar-refractivity contribution in [3.05, 3.63) is 33.9 Å². The van der Waals surface area contributed by atoms with Crippen molar-refractivity contribution in [2.45, 2.75) is 26.7 Å². The molecule has 0 saturated carbocycles. The number of nitrogens with one attached hydrogen (secondary N) is 1. The van der Waals surface area contributed by atoms with Gasteiger partial charge in [-0.05, 0) is 25.0 Å². The summed E-state index contributed by atoms with van der Waals surface area (Å²) < 4.78 is 4.88. The van der Waals surface area contributed by atoms with E-state index >= 15 is 0 Å². The molecule has 0 aliphatic heterocycles. The van der Waals surface area contributed by atoms with Gasteiger partial charge in [0.2, 0.25) is 0 Å². The Morgan fingerprint density at radius 1 is 1.50 bits per heavy atom. The van der Waals surface area contributed by atoms with Gasteiger partial charge in [-0.25, -0.2) is 4.79 Å². The van der Waals surface area contributed by atoms with Crippen LogP contribution in [0.15, 0.2) is 18.2 Å². The van der Waals surface area contributed by atoms with Gasteiger partial charge in [-0.15, -0.1) is 0 Å². The second-order valence-corrected chi connectivity index (χ2v) is 3.89. The fourth-order valence-electron chi connectivity index (χ4n) is 1.35. The maximum atomic E-state index is 11.4. The number of anilines is 1. The minimum absolute atomic E-state index is 0.137. The highest BCUT2D eigenvalue weighted by Crippen LogP contribution is 2.25. The van der Waals surface area contributed by atoms with E-state index in [-0.39, 0.29) is 11.4 Å². The first kappa shape index (κ1) is 14.0. The first-order valence-electron chi connectivity index (χ1n) is 5.73. The number of hydrogen-bond acceptors (Lipinski definition) is 4. The largest absolute Gasteiger partial charge is 0.449 e. The van der Waals surface area contributed by atoms with Crippen LogP contribution in [0.1, 0.15) is 25.3 Å². The first-order chi connectivity index (χ1) is 8.54. The van der Waals surface area contributed by atoms with Crippen LogP contribution in [0.5, 0.6) is 0 Å². The number of amides is 1. The molecule has 1 rings (SSSR count). The maximum absolute atomic E-state index is 11.4. The molecule has 0 unspecified atom stereocenters. The predicted molar refractivity (Wildman–Crippen MR) is 67.7 cm³/mol. The van der Waals surface area contributed by atoms with Crippen molar-refractivity contribution in [1.29, 1.82) is 0 Å². The molecule has 0 aromatic heterocycles. The third-order valence-corrected chi connectivity index (χ3v) is 2.32. The second-order valence-electron chi connectivity index (χ2n) is 3.89. The van der Waals surface area contributed by atoms with Crippen LogP contribution in [0.3, 0.4) is 0 Å². The monoisotopic (exact) mass is 252 g/mol. The van der Waals surface area contributed by atoms with Crippen LogP contribution in [-0.2, 0) is 4.74 Å². The highest BCUT2D eigenvalue weighted by Gasteiger charge is 2.16. The quantitative estimate of drug-likeness (QED) is 0.495. The van der Waals surface area contributed by atoms with Crippen molar-refractivity contribution in [2.24, 2.45) is 0 Å². The highest BCUT2D eigenvalue weighted by atomic mass is 16.6. The molecule has 6 nitrogen and oxygen atoms in total. The number of carbonyl (C=O) groups excluding carboxylic acids is 1. The Labute approximate surface area is 105 Å². The minimum Gasteiger partial charge on any atom is -0.449 e. The van der Waals surface area contributed by atoms with E-state index in [0.717, 1.165) is 18.4 Å². The molecule has 0 bridgehead atoms. The fourth-order valence-corrected chi connectivity index (χ4v) is 1.35. The summed E-state index contributed by atoms with van der Waals surface area (Å²) in [4.78, 5) is 21.7. The predicted octanol–water partition coefficient (Wildman–Crippen LogP) is 3.25. The van der Waals surface area contributed by atoms with Gasteiger partial charge in [-0.2, -0.15) is 0 Å². The molecule has 1 N–H and O–H groups in total. The summed E-state index contributed by atoms with van der Waals surface area (Å²) in [6, 6.07) is 4.59. The van der Waals surface area contributed by atoms with E-state index in [9.17, 15) is 14.9 Å². The lowest BCUT2D eigenvalue weighted by Gasteiger charge is -2.07. The van der Waals surface area contributed by atoms with Crippen molar-refractivity contribution < 1.29 is 14.5 Å². The average Bonchev–Trinajstić information content (AvgIpc) is 2.31. The maximum Gasteiger partial charge on any atom is 0.411 e. The van der Waals surface area contributed by atoms with Crippen LogP contribution >= 0.6 is 0 Å². The summed E-state index contributed by atoms with van der Waals surface area (Å²) >= 11 is 0. The third kappa shape index (κ3) is 4.04. The van der Waals surface area contributed by atoms with Crippen LogP contribution in [0.2, 0.25) is 0 Å². The topological polar surface area (TPSA) is 81.5 Å². The molecule has 0 saturated heterocycles. The van der Waals surface area contributed by atoms with Gasteiger partial charge in [-0.3, -0.25) is 15.4 Å². The molecule has 0 aliphatic carbocycles. The van der Waals surface area contributed by atoms with Gasteiger partial charge >= 0.3 is 6.09 Å². The summed E-state index contributed by atoms with van der Waals surface area (Å²) in [5, 5.41) is 13.2. The van der Waals surface area contributed by atoms with E-state index in [1.54, 1.807) is 13.0 Å². The molecular formula is C12H16N2O4. The molecule has 98 valence electrons. The number of nitro benzene ring substituents is 1. The lowest BCUT2D eigenvalue weighted by molar-refractivity contribution is -0.384. The minimum atomic E-state index is -0.671. The molecule has 1 aromatic carbocycles. The Bertz CT molecular complexity index is 446. The Balaban J connectivity index is 2.72. The van der Waals surface area contributed by atoms with Gasteiger partial charge in [-0.1, -0.05) is 19.4 Å². The van der Waals surface area contributed by atoms with Crippen molar-refractivity contribution in [3.8, 4) is 0 Å². The molecular weight excluding hydrogens is 236 g/mol. The van der Waals surface area contributed by atoms with Gasteiger partial charge in [0.1, 0.15) is 5.69 Å². The third-order valence-electron chi connectivity index (χ3n) is 2.32. The number of benzene rings is 1. The van der Waals surface area contributed by atoms with Crippen LogP contribution in [0.4, 0.5) is 16.2 Å². The van der Waals surface area contributed by atoms with E-state index in [4.69, 9.17) is 4.74 Å². The summed E-state index contributed by atoms with van der Waals surface area (Å²) in [5.74, 6) is 0. The van der Waals surface area contributed by atoms with Crippen molar-refractivity contribution in [1.82, 2.24) is 0 Å². The molecule has 0 fully saturated rings. The Morgan fingerprint density at radius 3 is 2.83 bits per heavy atom. The van der Waals surface area contributed by atoms with Crippen LogP contribution in [-0.4, -0.2) is 17.6 Å². The molecule has 0 heterocycles. The molecule has 0 radical (unpaired) electrons. The van der Waals surface area contributed by atoms with E-state index in [1.165, 1.54) is 12.1 Å². The average molecular weight is 252 g/mol. The molecule has 1 aromatic rings. The zero-order valence-corrected chi connectivity index (χ0v) is 10.4. The van der Waals surface area contributed by atoms with Crippen molar-refractivity contribution in [2.75, 3.05) is 11.9 Å². The smallest absolute Gasteiger partial charge is 0.411 e. The Morgan fingerprint density at radius 2 is 2.22 bits per heavy atom. The number of ether oxygens (including phenoxy) is 1. The number of hydrogen-bond donors (Lipinski definition) is 1. The van der Waals surface area contributed by atoms with E-state index in [0.29, 0.717) is 6.61 Å². The summed E-state index contributed by atoms with van der Waals surface area (Å²) in [5.41, 5.74) is 0.765. The number of nitrogens with zero attached hydrogens (tertiary/aromatic N) is 1. The van der Waals surface area contributed by atoms with E-state index < -0.39 is 11.0 Å². The van der Waals surface area contributed by atoms with Gasteiger partial charge in [0.05, 0.1) is 11.5 Å². The number of unbranched alkanes of at least 4 members (excludes halogenated alkanes) is 1. The lowest BCUT2D eigenvalue weighted by atomic mass is 10.2. The van der Waals surface area contributed by atoms with E-state index in [1.807, 2.05) is 6.92 Å². The highest BCUT2D eigenvalue weighted by molar-refractivity contribution is 5.87. The standard InChI is InChI=1S/C12H16N2O4/c1-3-4-7-18-12(15)13-10-6-5-9(2)8-11(10)14(16)17/h5-6,8H,3-4,7H2,1-2H3,(H,13,15). The number of carbonyl (C=O) groups is 1. The van der Waals surface area contributed by atoms with Crippen LogP contribution in [0, 0.1) is 17.0 Å². The van der Waals surface area contributed by atoms with Crippen LogP contribution in [0.25, 0.3) is 0 Å². The molecule has 6 heteroatoms. The van der Waals surface area contributed by atoms with Gasteiger partial charge in [0.25, 0.3) is 5.69 Å². The number of nitro groups is 1.